The second kappa shape index (κ2) is 7.28. The molecule has 0 aliphatic carbocycles. The molecule has 1 atom stereocenters. The van der Waals surface area contributed by atoms with Gasteiger partial charge in [0.05, 0.1) is 11.6 Å². The van der Waals surface area contributed by atoms with Gasteiger partial charge in [-0.3, -0.25) is 0 Å². The molecule has 1 aromatic rings. The molecule has 1 aromatic heterocycles. The van der Waals surface area contributed by atoms with Gasteiger partial charge in [-0.15, -0.1) is 0 Å². The van der Waals surface area contributed by atoms with Crippen LogP contribution in [-0.4, -0.2) is 35.6 Å². The van der Waals surface area contributed by atoms with Crippen molar-refractivity contribution in [3.63, 3.8) is 0 Å². The third-order valence-electron chi connectivity index (χ3n) is 2.49. The lowest BCUT2D eigenvalue weighted by molar-refractivity contribution is -0.142. The summed E-state index contributed by atoms with van der Waals surface area (Å²) >= 11 is 3.36. The number of nitrogens with one attached hydrogen (secondary N) is 2. The first-order valence-electron chi connectivity index (χ1n) is 6.10. The first-order valence-corrected chi connectivity index (χ1v) is 6.89. The Balaban J connectivity index is 2.95. The number of nitrogens with zero attached hydrogens (tertiary/aromatic N) is 2. The van der Waals surface area contributed by atoms with Gasteiger partial charge in [-0.1, -0.05) is 13.8 Å². The van der Waals surface area contributed by atoms with Crippen LogP contribution >= 0.6 is 15.9 Å². The Morgan fingerprint density at radius 3 is 2.74 bits per heavy atom. The molecular formula is C12H19BrN4O2. The Kier molecular flexibility index (Phi) is 6.01. The van der Waals surface area contributed by atoms with Crippen molar-refractivity contribution in [2.75, 3.05) is 24.3 Å². The van der Waals surface area contributed by atoms with Gasteiger partial charge in [0.2, 0.25) is 5.95 Å². The summed E-state index contributed by atoms with van der Waals surface area (Å²) in [5.74, 6) is 0.845. The van der Waals surface area contributed by atoms with Crippen molar-refractivity contribution >= 4 is 33.7 Å². The zero-order valence-corrected chi connectivity index (χ0v) is 13.1. The molecule has 1 rings (SSSR count). The van der Waals surface area contributed by atoms with E-state index in [4.69, 9.17) is 4.74 Å². The van der Waals surface area contributed by atoms with Crippen molar-refractivity contribution in [3.8, 4) is 0 Å². The molecule has 0 aromatic carbocycles. The summed E-state index contributed by atoms with van der Waals surface area (Å²) in [7, 11) is 1.37. The normalized spacial score (nSPS) is 12.1. The van der Waals surface area contributed by atoms with Crippen molar-refractivity contribution in [1.82, 2.24) is 9.97 Å². The van der Waals surface area contributed by atoms with Crippen molar-refractivity contribution in [2.45, 2.75) is 26.8 Å². The van der Waals surface area contributed by atoms with Gasteiger partial charge in [0.15, 0.2) is 0 Å². The third kappa shape index (κ3) is 4.34. The van der Waals surface area contributed by atoms with Crippen LogP contribution in [0.25, 0.3) is 0 Å². The summed E-state index contributed by atoms with van der Waals surface area (Å²) in [5.41, 5.74) is 0. The molecule has 106 valence electrons. The molecule has 0 amide bonds. The molecule has 0 spiro atoms. The summed E-state index contributed by atoms with van der Waals surface area (Å²) in [4.78, 5) is 20.2. The number of rotatable bonds is 6. The topological polar surface area (TPSA) is 76.1 Å². The van der Waals surface area contributed by atoms with Crippen molar-refractivity contribution in [3.05, 3.63) is 10.7 Å². The predicted octanol–water partition coefficient (Wildman–Crippen LogP) is 2.28. The number of esters is 1. The molecule has 7 heteroatoms. The minimum absolute atomic E-state index is 0.0805. The number of methoxy groups -OCH3 is 1. The van der Waals surface area contributed by atoms with Gasteiger partial charge in [-0.05, 0) is 28.8 Å². The van der Waals surface area contributed by atoms with E-state index < -0.39 is 6.04 Å². The summed E-state index contributed by atoms with van der Waals surface area (Å²) < 4.78 is 5.49. The maximum atomic E-state index is 11.7. The van der Waals surface area contributed by atoms with E-state index in [1.807, 2.05) is 20.8 Å². The van der Waals surface area contributed by atoms with Crippen LogP contribution in [0.15, 0.2) is 10.7 Å². The second-order valence-corrected chi connectivity index (χ2v) is 5.16. The van der Waals surface area contributed by atoms with E-state index in [-0.39, 0.29) is 11.9 Å². The highest BCUT2D eigenvalue weighted by Gasteiger charge is 2.24. The summed E-state index contributed by atoms with van der Waals surface area (Å²) in [6.45, 7) is 6.57. The van der Waals surface area contributed by atoms with Crippen molar-refractivity contribution in [2.24, 2.45) is 5.92 Å². The fraction of sp³-hybridized carbons (Fsp3) is 0.583. The molecule has 6 nitrogen and oxygen atoms in total. The molecular weight excluding hydrogens is 312 g/mol. The van der Waals surface area contributed by atoms with Crippen molar-refractivity contribution in [1.29, 1.82) is 0 Å². The average molecular weight is 331 g/mol. The van der Waals surface area contributed by atoms with E-state index in [1.165, 1.54) is 7.11 Å². The maximum Gasteiger partial charge on any atom is 0.328 e. The first kappa shape index (κ1) is 15.7. The lowest BCUT2D eigenvalue weighted by atomic mass is 10.0. The maximum absolute atomic E-state index is 11.7. The molecule has 0 aliphatic heterocycles. The van der Waals surface area contributed by atoms with Crippen LogP contribution < -0.4 is 10.6 Å². The molecule has 0 fully saturated rings. The quantitative estimate of drug-likeness (QED) is 0.779. The minimum atomic E-state index is -0.453. The monoisotopic (exact) mass is 330 g/mol. The van der Waals surface area contributed by atoms with E-state index >= 15 is 0 Å². The van der Waals surface area contributed by atoms with Crippen LogP contribution in [0.2, 0.25) is 0 Å². The van der Waals surface area contributed by atoms with Crippen LogP contribution in [0.3, 0.4) is 0 Å². The van der Waals surface area contributed by atoms with Gasteiger partial charge < -0.3 is 15.4 Å². The Morgan fingerprint density at radius 2 is 2.21 bits per heavy atom. The average Bonchev–Trinajstić information content (AvgIpc) is 2.38. The number of anilines is 2. The Morgan fingerprint density at radius 1 is 1.53 bits per heavy atom. The highest BCUT2D eigenvalue weighted by Crippen LogP contribution is 2.22. The third-order valence-corrected chi connectivity index (χ3v) is 3.07. The van der Waals surface area contributed by atoms with Crippen molar-refractivity contribution < 1.29 is 9.53 Å². The first-order chi connectivity index (χ1) is 8.99. The van der Waals surface area contributed by atoms with Crippen LogP contribution in [0, 0.1) is 5.92 Å². The van der Waals surface area contributed by atoms with E-state index in [1.54, 1.807) is 6.20 Å². The van der Waals surface area contributed by atoms with E-state index in [9.17, 15) is 4.79 Å². The number of halogens is 1. The van der Waals surface area contributed by atoms with Crippen LogP contribution in [0.4, 0.5) is 11.8 Å². The molecule has 2 N–H and O–H groups in total. The molecule has 0 saturated heterocycles. The summed E-state index contributed by atoms with van der Waals surface area (Å²) in [6, 6.07) is -0.453. The molecule has 0 aliphatic rings. The van der Waals surface area contributed by atoms with Crippen LogP contribution in [-0.2, 0) is 9.53 Å². The van der Waals surface area contributed by atoms with E-state index in [0.29, 0.717) is 16.2 Å². The smallest absolute Gasteiger partial charge is 0.328 e. The van der Waals surface area contributed by atoms with E-state index in [0.717, 1.165) is 6.54 Å². The molecule has 19 heavy (non-hydrogen) atoms. The van der Waals surface area contributed by atoms with Gasteiger partial charge in [0.25, 0.3) is 0 Å². The number of carbonyl (C=O) groups is 1. The highest BCUT2D eigenvalue weighted by molar-refractivity contribution is 9.10. The zero-order valence-electron chi connectivity index (χ0n) is 11.5. The fourth-order valence-electron chi connectivity index (χ4n) is 1.48. The van der Waals surface area contributed by atoms with Crippen LogP contribution in [0.5, 0.6) is 0 Å². The highest BCUT2D eigenvalue weighted by atomic mass is 79.9. The number of ether oxygens (including phenoxy) is 1. The minimum Gasteiger partial charge on any atom is -0.467 e. The number of carbonyl (C=O) groups excluding carboxylic acids is 1. The molecule has 0 saturated carbocycles. The number of aromatic nitrogens is 2. The second-order valence-electron chi connectivity index (χ2n) is 4.31. The van der Waals surface area contributed by atoms with Crippen LogP contribution in [0.1, 0.15) is 20.8 Å². The molecule has 0 bridgehead atoms. The lowest BCUT2D eigenvalue weighted by Gasteiger charge is -2.21. The Labute approximate surface area is 121 Å². The SMILES string of the molecule is CCNc1ncc(Br)c(NC(C(=O)OC)C(C)C)n1. The number of hydrogen-bond acceptors (Lipinski definition) is 6. The Hall–Kier alpha value is -1.37. The fourth-order valence-corrected chi connectivity index (χ4v) is 1.79. The van der Waals surface area contributed by atoms with Gasteiger partial charge in [0, 0.05) is 12.7 Å². The summed E-state index contributed by atoms with van der Waals surface area (Å²) in [5, 5.41) is 6.11. The van der Waals surface area contributed by atoms with Gasteiger partial charge in [-0.2, -0.15) is 4.98 Å². The lowest BCUT2D eigenvalue weighted by Crippen LogP contribution is -2.36. The van der Waals surface area contributed by atoms with E-state index in [2.05, 4.69) is 36.5 Å². The standard InChI is InChI=1S/C12H19BrN4O2/c1-5-14-12-15-6-8(13)10(17-12)16-9(7(2)3)11(18)19-4/h6-7,9H,5H2,1-4H3,(H2,14,15,16,17). The largest absolute Gasteiger partial charge is 0.467 e. The molecule has 1 unspecified atom stereocenters. The predicted molar refractivity (Wildman–Crippen MR) is 78.2 cm³/mol. The number of hydrogen-bond donors (Lipinski definition) is 2. The van der Waals surface area contributed by atoms with Gasteiger partial charge >= 0.3 is 5.97 Å². The Bertz CT molecular complexity index is 440. The van der Waals surface area contributed by atoms with Gasteiger partial charge in [-0.25, -0.2) is 9.78 Å². The zero-order chi connectivity index (χ0) is 14.4. The van der Waals surface area contributed by atoms with Gasteiger partial charge in [0.1, 0.15) is 11.9 Å². The summed E-state index contributed by atoms with van der Waals surface area (Å²) in [6.07, 6.45) is 1.64. The molecule has 1 heterocycles. The molecule has 0 radical (unpaired) electrons.